The summed E-state index contributed by atoms with van der Waals surface area (Å²) < 4.78 is 5.14. The van der Waals surface area contributed by atoms with E-state index in [1.807, 2.05) is 0 Å². The van der Waals surface area contributed by atoms with Crippen molar-refractivity contribution in [3.8, 4) is 5.75 Å². The van der Waals surface area contributed by atoms with E-state index in [1.165, 1.54) is 6.92 Å². The summed E-state index contributed by atoms with van der Waals surface area (Å²) in [6.45, 7) is 0.990. The first-order valence-corrected chi connectivity index (χ1v) is 5.76. The van der Waals surface area contributed by atoms with Crippen LogP contribution in [-0.2, 0) is 9.59 Å². The zero-order valence-electron chi connectivity index (χ0n) is 9.44. The number of benzene rings is 1. The monoisotopic (exact) mass is 291 g/mol. The summed E-state index contributed by atoms with van der Waals surface area (Å²) in [5.74, 6) is -1.50. The number of rotatable bonds is 5. The molecule has 0 saturated carbocycles. The molecule has 0 aliphatic rings. The second-order valence-electron chi connectivity index (χ2n) is 3.47. The number of carboxylic acids is 1. The van der Waals surface area contributed by atoms with E-state index in [4.69, 9.17) is 33.0 Å². The van der Waals surface area contributed by atoms with E-state index in [-0.39, 0.29) is 22.4 Å². The van der Waals surface area contributed by atoms with Crippen LogP contribution in [0.1, 0.15) is 6.92 Å². The van der Waals surface area contributed by atoms with Gasteiger partial charge >= 0.3 is 5.97 Å². The Balaban J connectivity index is 2.55. The smallest absolute Gasteiger partial charge is 0.325 e. The van der Waals surface area contributed by atoms with Gasteiger partial charge in [0.2, 0.25) is 0 Å². The Labute approximate surface area is 114 Å². The van der Waals surface area contributed by atoms with E-state index in [1.54, 1.807) is 18.2 Å². The second kappa shape index (κ2) is 6.47. The number of ether oxygens (including phenoxy) is 1. The maximum atomic E-state index is 11.4. The van der Waals surface area contributed by atoms with Gasteiger partial charge in [0.25, 0.3) is 5.91 Å². The molecule has 5 nitrogen and oxygen atoms in total. The largest absolute Gasteiger partial charge is 0.481 e. The fraction of sp³-hybridized carbons (Fsp3) is 0.273. The highest BCUT2D eigenvalue weighted by atomic mass is 35.5. The predicted octanol–water partition coefficient (Wildman–Crippen LogP) is 1.96. The predicted molar refractivity (Wildman–Crippen MR) is 67.2 cm³/mol. The molecule has 1 aromatic rings. The average molecular weight is 292 g/mol. The lowest BCUT2D eigenvalue weighted by molar-refractivity contribution is -0.141. The summed E-state index contributed by atoms with van der Waals surface area (Å²) in [5, 5.41) is 11.4. The van der Waals surface area contributed by atoms with Crippen molar-refractivity contribution >= 4 is 35.1 Å². The molecule has 2 N–H and O–H groups in total. The first-order chi connectivity index (χ1) is 8.41. The number of halogens is 2. The minimum atomic E-state index is -1.13. The third kappa shape index (κ3) is 4.09. The molecule has 1 aromatic carbocycles. The van der Waals surface area contributed by atoms with E-state index >= 15 is 0 Å². The van der Waals surface area contributed by atoms with Crippen LogP contribution in [0.25, 0.3) is 0 Å². The Bertz CT molecular complexity index is 444. The van der Waals surface area contributed by atoms with Gasteiger partial charge in [-0.15, -0.1) is 0 Å². The van der Waals surface area contributed by atoms with E-state index in [9.17, 15) is 9.59 Å². The van der Waals surface area contributed by atoms with Gasteiger partial charge in [-0.2, -0.15) is 0 Å². The molecule has 1 amide bonds. The summed E-state index contributed by atoms with van der Waals surface area (Å²) in [5.41, 5.74) is 0. The molecular weight excluding hydrogens is 281 g/mol. The Morgan fingerprint density at radius 2 is 1.94 bits per heavy atom. The van der Waals surface area contributed by atoms with Crippen molar-refractivity contribution in [3.63, 3.8) is 0 Å². The molecule has 0 saturated heterocycles. The van der Waals surface area contributed by atoms with Gasteiger partial charge < -0.3 is 15.2 Å². The molecule has 0 heterocycles. The fourth-order valence-corrected chi connectivity index (χ4v) is 1.61. The normalized spacial score (nSPS) is 11.7. The van der Waals surface area contributed by atoms with Crippen LogP contribution in [0, 0.1) is 0 Å². The van der Waals surface area contributed by atoms with Crippen LogP contribution in [0.5, 0.6) is 5.75 Å². The SMILES string of the molecule is C[C@H](NC(=O)COc1c(Cl)cccc1Cl)C(=O)O. The fourth-order valence-electron chi connectivity index (χ4n) is 1.10. The molecule has 0 unspecified atom stereocenters. The van der Waals surface area contributed by atoms with Gasteiger partial charge in [0.1, 0.15) is 6.04 Å². The van der Waals surface area contributed by atoms with Crippen LogP contribution in [0.15, 0.2) is 18.2 Å². The summed E-state index contributed by atoms with van der Waals surface area (Å²) in [6, 6.07) is 3.80. The first kappa shape index (κ1) is 14.6. The van der Waals surface area contributed by atoms with Gasteiger partial charge in [-0.3, -0.25) is 9.59 Å². The zero-order valence-corrected chi connectivity index (χ0v) is 11.0. The molecule has 7 heteroatoms. The number of aliphatic carboxylic acids is 1. The number of hydrogen-bond acceptors (Lipinski definition) is 3. The maximum Gasteiger partial charge on any atom is 0.325 e. The Morgan fingerprint density at radius 3 is 2.44 bits per heavy atom. The van der Waals surface area contributed by atoms with E-state index in [2.05, 4.69) is 5.32 Å². The standard InChI is InChI=1S/C11H11Cl2NO4/c1-6(11(16)17)14-9(15)5-18-10-7(12)3-2-4-8(10)13/h2-4,6H,5H2,1H3,(H,14,15)(H,16,17)/t6-/m0/s1. The van der Waals surface area contributed by atoms with Crippen molar-refractivity contribution in [2.45, 2.75) is 13.0 Å². The Morgan fingerprint density at radius 1 is 1.39 bits per heavy atom. The molecule has 0 fully saturated rings. The lowest BCUT2D eigenvalue weighted by atomic mass is 10.3. The second-order valence-corrected chi connectivity index (χ2v) is 4.28. The molecule has 18 heavy (non-hydrogen) atoms. The van der Waals surface area contributed by atoms with Crippen LogP contribution < -0.4 is 10.1 Å². The third-order valence-electron chi connectivity index (χ3n) is 2.01. The van der Waals surface area contributed by atoms with Crippen LogP contribution >= 0.6 is 23.2 Å². The van der Waals surface area contributed by atoms with Crippen molar-refractivity contribution in [2.75, 3.05) is 6.61 Å². The quantitative estimate of drug-likeness (QED) is 0.870. The van der Waals surface area contributed by atoms with Gasteiger partial charge in [0.05, 0.1) is 10.0 Å². The lowest BCUT2D eigenvalue weighted by Crippen LogP contribution is -2.40. The molecule has 0 radical (unpaired) electrons. The van der Waals surface area contributed by atoms with Crippen LogP contribution in [0.2, 0.25) is 10.0 Å². The third-order valence-corrected chi connectivity index (χ3v) is 2.61. The molecule has 0 aliphatic carbocycles. The van der Waals surface area contributed by atoms with E-state index in [0.717, 1.165) is 0 Å². The molecule has 98 valence electrons. The molecule has 0 bridgehead atoms. The number of carbonyl (C=O) groups excluding carboxylic acids is 1. The van der Waals surface area contributed by atoms with Crippen molar-refractivity contribution in [2.24, 2.45) is 0 Å². The Hall–Kier alpha value is -1.46. The summed E-state index contributed by atoms with van der Waals surface area (Å²) in [7, 11) is 0. The molecular formula is C11H11Cl2NO4. The average Bonchev–Trinajstić information content (AvgIpc) is 2.28. The lowest BCUT2D eigenvalue weighted by Gasteiger charge is -2.11. The number of carboxylic acid groups (broad SMARTS) is 1. The van der Waals surface area contributed by atoms with Crippen LogP contribution in [0.4, 0.5) is 0 Å². The number of nitrogens with one attached hydrogen (secondary N) is 1. The van der Waals surface area contributed by atoms with Gasteiger partial charge in [-0.1, -0.05) is 29.3 Å². The van der Waals surface area contributed by atoms with E-state index < -0.39 is 17.9 Å². The molecule has 0 spiro atoms. The zero-order chi connectivity index (χ0) is 13.7. The van der Waals surface area contributed by atoms with Gasteiger partial charge in [-0.25, -0.2) is 0 Å². The van der Waals surface area contributed by atoms with Gasteiger partial charge in [-0.05, 0) is 19.1 Å². The summed E-state index contributed by atoms with van der Waals surface area (Å²) >= 11 is 11.7. The molecule has 0 aromatic heterocycles. The first-order valence-electron chi connectivity index (χ1n) is 5.00. The maximum absolute atomic E-state index is 11.4. The van der Waals surface area contributed by atoms with Gasteiger partial charge in [0.15, 0.2) is 12.4 Å². The minimum absolute atomic E-state index is 0.193. The highest BCUT2D eigenvalue weighted by Crippen LogP contribution is 2.32. The minimum Gasteiger partial charge on any atom is -0.481 e. The highest BCUT2D eigenvalue weighted by molar-refractivity contribution is 6.37. The number of carbonyl (C=O) groups is 2. The topological polar surface area (TPSA) is 75.6 Å². The Kier molecular flexibility index (Phi) is 5.25. The van der Waals surface area contributed by atoms with Gasteiger partial charge in [0, 0.05) is 0 Å². The van der Waals surface area contributed by atoms with Crippen molar-refractivity contribution < 1.29 is 19.4 Å². The highest BCUT2D eigenvalue weighted by Gasteiger charge is 2.15. The molecule has 1 atom stereocenters. The van der Waals surface area contributed by atoms with Crippen molar-refractivity contribution in [3.05, 3.63) is 28.2 Å². The van der Waals surface area contributed by atoms with E-state index in [0.29, 0.717) is 0 Å². The van der Waals surface area contributed by atoms with Crippen LogP contribution in [0.3, 0.4) is 0 Å². The number of amides is 1. The van der Waals surface area contributed by atoms with Crippen LogP contribution in [-0.4, -0.2) is 29.6 Å². The molecule has 0 aliphatic heterocycles. The number of hydrogen-bond donors (Lipinski definition) is 2. The number of para-hydroxylation sites is 1. The molecule has 1 rings (SSSR count). The summed E-state index contributed by atoms with van der Waals surface area (Å²) in [6.07, 6.45) is 0. The van der Waals surface area contributed by atoms with Crippen molar-refractivity contribution in [1.29, 1.82) is 0 Å². The van der Waals surface area contributed by atoms with Crippen molar-refractivity contribution in [1.82, 2.24) is 5.32 Å². The summed E-state index contributed by atoms with van der Waals surface area (Å²) in [4.78, 5) is 21.9.